The van der Waals surface area contributed by atoms with Crippen molar-refractivity contribution in [1.29, 1.82) is 0 Å². The molecular weight excluding hydrogens is 409 g/mol. The molecule has 3 aromatic rings. The van der Waals surface area contributed by atoms with E-state index < -0.39 is 0 Å². The maximum absolute atomic E-state index is 14.1. The molecule has 0 atom stereocenters. The zero-order valence-corrected chi connectivity index (χ0v) is 17.9. The Balaban J connectivity index is 1.14. The molecular formula is C24H26FN5O2. The van der Waals surface area contributed by atoms with Crippen LogP contribution in [0.4, 0.5) is 16.1 Å². The molecule has 0 aliphatic carbocycles. The second-order valence-electron chi connectivity index (χ2n) is 8.28. The van der Waals surface area contributed by atoms with Gasteiger partial charge in [0, 0.05) is 50.7 Å². The number of anilines is 2. The number of carbonyl (C=O) groups is 1. The summed E-state index contributed by atoms with van der Waals surface area (Å²) in [6.45, 7) is 3.96. The van der Waals surface area contributed by atoms with E-state index in [4.69, 9.17) is 4.42 Å². The average molecular weight is 436 g/mol. The molecule has 2 aliphatic rings. The van der Waals surface area contributed by atoms with E-state index in [2.05, 4.69) is 15.1 Å². The van der Waals surface area contributed by atoms with Crippen molar-refractivity contribution in [2.75, 3.05) is 49.1 Å². The monoisotopic (exact) mass is 435 g/mol. The topological polar surface area (TPSA) is 65.7 Å². The van der Waals surface area contributed by atoms with Crippen molar-refractivity contribution in [1.82, 2.24) is 15.1 Å². The van der Waals surface area contributed by atoms with Crippen LogP contribution in [-0.4, -0.2) is 60.3 Å². The highest BCUT2D eigenvalue weighted by Gasteiger charge is 2.32. The summed E-state index contributed by atoms with van der Waals surface area (Å²) in [5.41, 5.74) is 1.51. The fourth-order valence-electron chi connectivity index (χ4n) is 4.49. The zero-order chi connectivity index (χ0) is 21.9. The Morgan fingerprint density at radius 1 is 0.844 bits per heavy atom. The van der Waals surface area contributed by atoms with Gasteiger partial charge in [0.25, 0.3) is 0 Å². The zero-order valence-electron chi connectivity index (χ0n) is 17.9. The summed E-state index contributed by atoms with van der Waals surface area (Å²) < 4.78 is 19.9. The summed E-state index contributed by atoms with van der Waals surface area (Å²) in [7, 11) is 0. The van der Waals surface area contributed by atoms with Crippen molar-refractivity contribution < 1.29 is 13.6 Å². The van der Waals surface area contributed by atoms with Crippen molar-refractivity contribution in [2.24, 2.45) is 5.92 Å². The minimum absolute atomic E-state index is 0.00257. The number of hydrogen-bond donors (Lipinski definition) is 0. The summed E-state index contributed by atoms with van der Waals surface area (Å²) in [6, 6.07) is 17.0. The first kappa shape index (κ1) is 20.5. The number of piperazine rings is 1. The highest BCUT2D eigenvalue weighted by atomic mass is 19.1. The second kappa shape index (κ2) is 8.98. The molecule has 1 aromatic heterocycles. The number of nitrogens with zero attached hydrogens (tertiary/aromatic N) is 5. The summed E-state index contributed by atoms with van der Waals surface area (Å²) in [5, 5.41) is 8.36. The molecule has 1 amide bonds. The van der Waals surface area contributed by atoms with Gasteiger partial charge in [0.05, 0.1) is 5.69 Å². The fraction of sp³-hybridized carbons (Fsp3) is 0.375. The minimum atomic E-state index is -0.212. The van der Waals surface area contributed by atoms with Gasteiger partial charge in [-0.15, -0.1) is 5.10 Å². The van der Waals surface area contributed by atoms with Crippen molar-refractivity contribution in [3.63, 3.8) is 0 Å². The lowest BCUT2D eigenvalue weighted by molar-refractivity contribution is -0.136. The molecule has 5 rings (SSSR count). The third-order valence-corrected chi connectivity index (χ3v) is 6.33. The summed E-state index contributed by atoms with van der Waals surface area (Å²) in [6.07, 6.45) is 1.52. The summed E-state index contributed by atoms with van der Waals surface area (Å²) in [4.78, 5) is 19.1. The van der Waals surface area contributed by atoms with Gasteiger partial charge >= 0.3 is 6.01 Å². The van der Waals surface area contributed by atoms with Gasteiger partial charge in [-0.2, -0.15) is 0 Å². The number of rotatable bonds is 4. The summed E-state index contributed by atoms with van der Waals surface area (Å²) in [5.74, 6) is 0.499. The molecule has 2 fully saturated rings. The molecule has 32 heavy (non-hydrogen) atoms. The maximum atomic E-state index is 14.1. The smallest absolute Gasteiger partial charge is 0.318 e. The predicted molar refractivity (Wildman–Crippen MR) is 120 cm³/mol. The second-order valence-corrected chi connectivity index (χ2v) is 8.28. The van der Waals surface area contributed by atoms with Crippen LogP contribution in [0.2, 0.25) is 0 Å². The molecule has 0 saturated carbocycles. The standard InChI is InChI=1S/C24H26FN5O2/c25-20-8-4-5-9-21(20)28-14-16-29(17-15-28)23(31)19-10-12-30(13-11-19)24-27-26-22(32-24)18-6-2-1-3-7-18/h1-9,19H,10-17H2. The first-order valence-electron chi connectivity index (χ1n) is 11.1. The first-order chi connectivity index (χ1) is 15.7. The van der Waals surface area contributed by atoms with Crippen molar-refractivity contribution in [3.8, 4) is 11.5 Å². The van der Waals surface area contributed by atoms with Gasteiger partial charge in [-0.25, -0.2) is 4.39 Å². The van der Waals surface area contributed by atoms with Crippen LogP contribution in [0.3, 0.4) is 0 Å². The van der Waals surface area contributed by atoms with E-state index in [1.165, 1.54) is 6.07 Å². The van der Waals surface area contributed by atoms with E-state index in [9.17, 15) is 9.18 Å². The molecule has 2 aliphatic heterocycles. The number of piperidine rings is 1. The lowest BCUT2D eigenvalue weighted by Gasteiger charge is -2.39. The van der Waals surface area contributed by atoms with Crippen LogP contribution in [0.25, 0.3) is 11.5 Å². The number of halogens is 1. The minimum Gasteiger partial charge on any atom is -0.403 e. The maximum Gasteiger partial charge on any atom is 0.318 e. The molecule has 8 heteroatoms. The molecule has 166 valence electrons. The number of benzene rings is 2. The van der Waals surface area contributed by atoms with E-state index >= 15 is 0 Å². The average Bonchev–Trinajstić information content (AvgIpc) is 3.35. The molecule has 0 spiro atoms. The van der Waals surface area contributed by atoms with Gasteiger partial charge in [0.15, 0.2) is 0 Å². The third kappa shape index (κ3) is 4.17. The van der Waals surface area contributed by atoms with Crippen LogP contribution >= 0.6 is 0 Å². The first-order valence-corrected chi connectivity index (χ1v) is 11.1. The largest absolute Gasteiger partial charge is 0.403 e. The van der Waals surface area contributed by atoms with Crippen LogP contribution in [0.15, 0.2) is 59.0 Å². The Labute approximate surface area is 186 Å². The van der Waals surface area contributed by atoms with E-state index in [0.29, 0.717) is 56.9 Å². The molecule has 3 heterocycles. The van der Waals surface area contributed by atoms with E-state index in [1.54, 1.807) is 12.1 Å². The molecule has 2 aromatic carbocycles. The van der Waals surface area contributed by atoms with Gasteiger partial charge < -0.3 is 19.1 Å². The van der Waals surface area contributed by atoms with Crippen LogP contribution in [0.1, 0.15) is 12.8 Å². The van der Waals surface area contributed by atoms with E-state index in [1.807, 2.05) is 46.2 Å². The number of hydrogen-bond acceptors (Lipinski definition) is 6. The van der Waals surface area contributed by atoms with Gasteiger partial charge in [-0.3, -0.25) is 4.79 Å². The quantitative estimate of drug-likeness (QED) is 0.626. The lowest BCUT2D eigenvalue weighted by Crippen LogP contribution is -2.52. The highest BCUT2D eigenvalue weighted by molar-refractivity contribution is 5.79. The highest BCUT2D eigenvalue weighted by Crippen LogP contribution is 2.27. The summed E-state index contributed by atoms with van der Waals surface area (Å²) >= 11 is 0. The number of amides is 1. The number of para-hydroxylation sites is 1. The van der Waals surface area contributed by atoms with E-state index in [-0.39, 0.29) is 17.6 Å². The van der Waals surface area contributed by atoms with Crippen molar-refractivity contribution >= 4 is 17.6 Å². The van der Waals surface area contributed by atoms with Gasteiger partial charge in [0.1, 0.15) is 5.82 Å². The number of carbonyl (C=O) groups excluding carboxylic acids is 1. The van der Waals surface area contributed by atoms with E-state index in [0.717, 1.165) is 18.4 Å². The van der Waals surface area contributed by atoms with Gasteiger partial charge in [-0.05, 0) is 37.1 Å². The molecule has 2 saturated heterocycles. The molecule has 7 nitrogen and oxygen atoms in total. The Kier molecular flexibility index (Phi) is 5.75. The molecule has 0 radical (unpaired) electrons. The molecule has 0 unspecified atom stereocenters. The Morgan fingerprint density at radius 2 is 1.53 bits per heavy atom. The fourth-order valence-corrected chi connectivity index (χ4v) is 4.49. The third-order valence-electron chi connectivity index (χ3n) is 6.33. The Bertz CT molecular complexity index is 1060. The molecule has 0 N–H and O–H groups in total. The van der Waals surface area contributed by atoms with Crippen LogP contribution < -0.4 is 9.80 Å². The molecule has 0 bridgehead atoms. The van der Waals surface area contributed by atoms with Crippen molar-refractivity contribution in [2.45, 2.75) is 12.8 Å². The van der Waals surface area contributed by atoms with Gasteiger partial charge in [-0.1, -0.05) is 35.4 Å². The predicted octanol–water partition coefficient (Wildman–Crippen LogP) is 3.44. The Hall–Kier alpha value is -3.42. The van der Waals surface area contributed by atoms with Gasteiger partial charge in [0.2, 0.25) is 11.8 Å². The van der Waals surface area contributed by atoms with Crippen LogP contribution in [0, 0.1) is 11.7 Å². The van der Waals surface area contributed by atoms with Crippen molar-refractivity contribution in [3.05, 3.63) is 60.4 Å². The van der Waals surface area contributed by atoms with Crippen LogP contribution in [0.5, 0.6) is 0 Å². The SMILES string of the molecule is O=C(C1CCN(c2nnc(-c3ccccc3)o2)CC1)N1CCN(c2ccccc2F)CC1. The normalized spacial score (nSPS) is 17.6. The van der Waals surface area contributed by atoms with Crippen LogP contribution in [-0.2, 0) is 4.79 Å². The number of aromatic nitrogens is 2. The lowest BCUT2D eigenvalue weighted by atomic mass is 9.95. The Morgan fingerprint density at radius 3 is 2.25 bits per heavy atom.